The van der Waals surface area contributed by atoms with E-state index in [0.717, 1.165) is 48.7 Å². The van der Waals surface area contributed by atoms with Gasteiger partial charge in [0.1, 0.15) is 17.3 Å². The molecule has 112 valence electrons. The molecule has 0 N–H and O–H groups in total. The van der Waals surface area contributed by atoms with Gasteiger partial charge in [-0.3, -0.25) is 4.79 Å². The average molecular weight is 294 g/mol. The first-order valence-corrected chi connectivity index (χ1v) is 7.74. The van der Waals surface area contributed by atoms with Crippen LogP contribution in [-0.4, -0.2) is 19.0 Å². The minimum absolute atomic E-state index is 0.165. The van der Waals surface area contributed by atoms with Crippen molar-refractivity contribution in [1.82, 2.24) is 0 Å². The molecule has 0 spiro atoms. The zero-order chi connectivity index (χ0) is 15.1. The summed E-state index contributed by atoms with van der Waals surface area (Å²) >= 11 is 0. The number of fused-ring (bicyclic) bond motifs is 2. The van der Waals surface area contributed by atoms with Crippen LogP contribution >= 0.6 is 0 Å². The maximum atomic E-state index is 12.3. The van der Waals surface area contributed by atoms with Gasteiger partial charge in [0, 0.05) is 12.8 Å². The fourth-order valence-electron chi connectivity index (χ4n) is 3.43. The van der Waals surface area contributed by atoms with Crippen LogP contribution in [0.4, 0.5) is 0 Å². The predicted molar refractivity (Wildman–Crippen MR) is 83.8 cm³/mol. The van der Waals surface area contributed by atoms with Gasteiger partial charge >= 0.3 is 0 Å². The minimum atomic E-state index is -0.211. The zero-order valence-electron chi connectivity index (χ0n) is 12.6. The van der Waals surface area contributed by atoms with Gasteiger partial charge in [0.05, 0.1) is 19.1 Å². The molecule has 0 saturated heterocycles. The van der Waals surface area contributed by atoms with Crippen molar-refractivity contribution in [3.05, 3.63) is 58.7 Å². The smallest absolute Gasteiger partial charge is 0.141 e. The summed E-state index contributed by atoms with van der Waals surface area (Å²) in [5.74, 6) is 1.86. The quantitative estimate of drug-likeness (QED) is 0.871. The largest absolute Gasteiger partial charge is 0.493 e. The fourth-order valence-corrected chi connectivity index (χ4v) is 3.43. The molecule has 2 aromatic rings. The van der Waals surface area contributed by atoms with Crippen molar-refractivity contribution in [3.63, 3.8) is 0 Å². The molecule has 0 unspecified atom stereocenters. The Morgan fingerprint density at radius 1 is 0.909 bits per heavy atom. The molecule has 0 fully saturated rings. The summed E-state index contributed by atoms with van der Waals surface area (Å²) in [5, 5.41) is 0. The van der Waals surface area contributed by atoms with Crippen LogP contribution in [0.2, 0.25) is 0 Å². The van der Waals surface area contributed by atoms with Gasteiger partial charge in [-0.1, -0.05) is 24.3 Å². The summed E-state index contributed by atoms with van der Waals surface area (Å²) in [7, 11) is 0. The summed E-state index contributed by atoms with van der Waals surface area (Å²) in [4.78, 5) is 12.3. The molecule has 3 nitrogen and oxygen atoms in total. The highest BCUT2D eigenvalue weighted by Gasteiger charge is 2.24. The Balaban J connectivity index is 1.76. The maximum absolute atomic E-state index is 12.3. The number of ketones is 1. The Hall–Kier alpha value is -2.29. The molecular weight excluding hydrogens is 276 g/mol. The fraction of sp³-hybridized carbons (Fsp3) is 0.316. The summed E-state index contributed by atoms with van der Waals surface area (Å²) in [6.07, 6.45) is 1.84. The Morgan fingerprint density at radius 2 is 1.41 bits per heavy atom. The van der Waals surface area contributed by atoms with E-state index in [2.05, 4.69) is 12.1 Å². The Morgan fingerprint density at radius 3 is 1.86 bits per heavy atom. The van der Waals surface area contributed by atoms with Crippen LogP contribution in [0.25, 0.3) is 0 Å². The second-order valence-electron chi connectivity index (χ2n) is 5.97. The lowest BCUT2D eigenvalue weighted by Gasteiger charge is -2.16. The van der Waals surface area contributed by atoms with Crippen molar-refractivity contribution in [2.45, 2.75) is 25.7 Å². The van der Waals surface area contributed by atoms with Crippen molar-refractivity contribution >= 4 is 5.78 Å². The highest BCUT2D eigenvalue weighted by atomic mass is 16.5. The van der Waals surface area contributed by atoms with Gasteiger partial charge in [0.2, 0.25) is 0 Å². The summed E-state index contributed by atoms with van der Waals surface area (Å²) in [5.41, 5.74) is 4.51. The molecule has 2 aliphatic rings. The van der Waals surface area contributed by atoms with Crippen LogP contribution in [0.3, 0.4) is 0 Å². The normalized spacial score (nSPS) is 15.2. The first-order valence-electron chi connectivity index (χ1n) is 7.74. The number of ether oxygens (including phenoxy) is 2. The van der Waals surface area contributed by atoms with Crippen LogP contribution < -0.4 is 9.47 Å². The molecule has 4 rings (SSSR count). The van der Waals surface area contributed by atoms with Crippen molar-refractivity contribution in [2.24, 2.45) is 0 Å². The average Bonchev–Trinajstić information content (AvgIpc) is 3.14. The van der Waals surface area contributed by atoms with Gasteiger partial charge in [-0.2, -0.15) is 0 Å². The number of carbonyl (C=O) groups is 1. The predicted octanol–water partition coefficient (Wildman–Crippen LogP) is 3.28. The zero-order valence-corrected chi connectivity index (χ0v) is 12.6. The van der Waals surface area contributed by atoms with Gasteiger partial charge in [-0.25, -0.2) is 0 Å². The van der Waals surface area contributed by atoms with Gasteiger partial charge in [0.25, 0.3) is 0 Å². The van der Waals surface area contributed by atoms with E-state index in [0.29, 0.717) is 0 Å². The van der Waals surface area contributed by atoms with E-state index in [1.165, 1.54) is 11.1 Å². The van der Waals surface area contributed by atoms with E-state index in [9.17, 15) is 4.79 Å². The van der Waals surface area contributed by atoms with Crippen LogP contribution in [0.5, 0.6) is 11.5 Å². The van der Waals surface area contributed by atoms with E-state index in [1.54, 1.807) is 6.92 Å². The lowest BCUT2D eigenvalue weighted by atomic mass is 9.86. The van der Waals surface area contributed by atoms with E-state index < -0.39 is 0 Å². The number of carbonyl (C=O) groups excluding carboxylic acids is 1. The Kier molecular flexibility index (Phi) is 3.14. The van der Waals surface area contributed by atoms with E-state index in [-0.39, 0.29) is 11.7 Å². The molecule has 2 aromatic carbocycles. The lowest BCUT2D eigenvalue weighted by molar-refractivity contribution is -0.117. The molecular formula is C19H18O3. The molecule has 0 amide bonds. The monoisotopic (exact) mass is 294 g/mol. The van der Waals surface area contributed by atoms with Crippen LogP contribution in [-0.2, 0) is 17.6 Å². The lowest BCUT2D eigenvalue weighted by Crippen LogP contribution is -2.11. The number of benzene rings is 2. The van der Waals surface area contributed by atoms with Gasteiger partial charge in [-0.05, 0) is 41.3 Å². The molecule has 0 aliphatic carbocycles. The second kappa shape index (κ2) is 5.16. The summed E-state index contributed by atoms with van der Waals surface area (Å²) in [6, 6.07) is 12.3. The second-order valence-corrected chi connectivity index (χ2v) is 5.97. The van der Waals surface area contributed by atoms with E-state index in [4.69, 9.17) is 9.47 Å². The first-order chi connectivity index (χ1) is 10.7. The van der Waals surface area contributed by atoms with Crippen LogP contribution in [0, 0.1) is 0 Å². The Labute approximate surface area is 129 Å². The number of rotatable bonds is 3. The molecule has 0 atom stereocenters. The molecule has 2 aliphatic heterocycles. The molecule has 0 radical (unpaired) electrons. The van der Waals surface area contributed by atoms with Crippen LogP contribution in [0.15, 0.2) is 36.4 Å². The van der Waals surface area contributed by atoms with Crippen molar-refractivity contribution in [1.29, 1.82) is 0 Å². The minimum Gasteiger partial charge on any atom is -0.493 e. The molecule has 2 heterocycles. The number of hydrogen-bond donors (Lipinski definition) is 0. The van der Waals surface area contributed by atoms with E-state index >= 15 is 0 Å². The summed E-state index contributed by atoms with van der Waals surface area (Å²) < 4.78 is 11.1. The molecule has 0 bridgehead atoms. The third-order valence-electron chi connectivity index (χ3n) is 4.50. The van der Waals surface area contributed by atoms with Gasteiger partial charge < -0.3 is 9.47 Å². The SMILES string of the molecule is CC(=O)C(c1ccc2c(c1)CCO2)c1ccc2c(c1)CCO2. The number of Topliss-reactive ketones (excluding diaryl/α,β-unsaturated/α-hetero) is 1. The van der Waals surface area contributed by atoms with Crippen molar-refractivity contribution in [2.75, 3.05) is 13.2 Å². The third kappa shape index (κ3) is 2.17. The van der Waals surface area contributed by atoms with Gasteiger partial charge in [-0.15, -0.1) is 0 Å². The molecule has 0 saturated carbocycles. The summed E-state index contributed by atoms with van der Waals surface area (Å²) in [6.45, 7) is 3.14. The number of hydrogen-bond acceptors (Lipinski definition) is 3. The maximum Gasteiger partial charge on any atom is 0.141 e. The van der Waals surface area contributed by atoms with Gasteiger partial charge in [0.15, 0.2) is 0 Å². The molecule has 22 heavy (non-hydrogen) atoms. The standard InChI is InChI=1S/C19H18O3/c1-12(20)19(15-2-4-17-13(10-15)6-8-21-17)16-3-5-18-14(11-16)7-9-22-18/h2-5,10-11,19H,6-9H2,1H3. The van der Waals surface area contributed by atoms with Crippen molar-refractivity contribution < 1.29 is 14.3 Å². The first kappa shape index (κ1) is 13.4. The Bertz CT molecular complexity index is 691. The molecule has 0 aromatic heterocycles. The molecule has 3 heteroatoms. The highest BCUT2D eigenvalue weighted by Crippen LogP contribution is 2.35. The van der Waals surface area contributed by atoms with Crippen molar-refractivity contribution in [3.8, 4) is 11.5 Å². The third-order valence-corrected chi connectivity index (χ3v) is 4.50. The van der Waals surface area contributed by atoms with E-state index in [1.807, 2.05) is 24.3 Å². The topological polar surface area (TPSA) is 35.5 Å². The highest BCUT2D eigenvalue weighted by molar-refractivity contribution is 5.87. The van der Waals surface area contributed by atoms with Crippen LogP contribution in [0.1, 0.15) is 35.1 Å².